The summed E-state index contributed by atoms with van der Waals surface area (Å²) < 4.78 is 61.7. The molecule has 1 aromatic heterocycles. The molecule has 1 amide bonds. The summed E-state index contributed by atoms with van der Waals surface area (Å²) in [5.74, 6) is -1.33. The number of nitrogens with two attached hydrogens (primary N) is 1. The fourth-order valence-corrected chi connectivity index (χ4v) is 8.55. The van der Waals surface area contributed by atoms with E-state index >= 15 is 4.39 Å². The van der Waals surface area contributed by atoms with Gasteiger partial charge in [-0.15, -0.1) is 0 Å². The summed E-state index contributed by atoms with van der Waals surface area (Å²) in [5, 5.41) is 6.24. The number of hydrogen-bond donors (Lipinski definition) is 3. The predicted octanol–water partition coefficient (Wildman–Crippen LogP) is 2.85. The lowest BCUT2D eigenvalue weighted by atomic mass is 9.64. The minimum Gasteiger partial charge on any atom is -0.381 e. The van der Waals surface area contributed by atoms with Crippen molar-refractivity contribution in [3.8, 4) is 0 Å². The molecule has 0 radical (unpaired) electrons. The van der Waals surface area contributed by atoms with E-state index in [9.17, 15) is 17.6 Å². The van der Waals surface area contributed by atoms with Gasteiger partial charge in [-0.2, -0.15) is 4.31 Å². The molecule has 2 bridgehead atoms. The number of benzene rings is 1. The average molecular weight is 592 g/mol. The zero-order valence-corrected chi connectivity index (χ0v) is 24.1. The Balaban J connectivity index is 1.34. The molecule has 41 heavy (non-hydrogen) atoms. The second kappa shape index (κ2) is 12.4. The number of halogens is 2. The summed E-state index contributed by atoms with van der Waals surface area (Å²) in [5.41, 5.74) is 7.16. The topological polar surface area (TPSA) is 127 Å². The Labute approximate surface area is 240 Å². The summed E-state index contributed by atoms with van der Waals surface area (Å²) in [6.45, 7) is 0.908. The lowest BCUT2D eigenvalue weighted by Gasteiger charge is -2.43. The average Bonchev–Trinajstić information content (AvgIpc) is 3.08. The molecule has 224 valence electrons. The number of nitrogens with zero attached hydrogens (tertiary/aromatic N) is 2. The van der Waals surface area contributed by atoms with Crippen LogP contribution in [-0.2, 0) is 31.4 Å². The number of sulfonamides is 1. The van der Waals surface area contributed by atoms with E-state index in [1.807, 2.05) is 0 Å². The molecule has 1 unspecified atom stereocenters. The van der Waals surface area contributed by atoms with Crippen LogP contribution in [0.2, 0.25) is 0 Å². The number of fused-ring (bicyclic) bond motifs is 2. The van der Waals surface area contributed by atoms with Crippen molar-refractivity contribution in [2.75, 3.05) is 31.3 Å². The Kier molecular flexibility index (Phi) is 9.05. The smallest absolute Gasteiger partial charge is 0.242 e. The molecule has 5 rings (SSSR count). The van der Waals surface area contributed by atoms with Crippen molar-refractivity contribution >= 4 is 21.6 Å². The van der Waals surface area contributed by atoms with Crippen LogP contribution >= 0.6 is 0 Å². The molecule has 9 nitrogen and oxygen atoms in total. The Morgan fingerprint density at radius 3 is 2.66 bits per heavy atom. The van der Waals surface area contributed by atoms with Gasteiger partial charge in [-0.25, -0.2) is 17.2 Å². The first-order valence-corrected chi connectivity index (χ1v) is 15.9. The van der Waals surface area contributed by atoms with Crippen molar-refractivity contribution in [1.82, 2.24) is 14.6 Å². The number of methoxy groups -OCH3 is 1. The molecule has 3 heterocycles. The Morgan fingerprint density at radius 1 is 1.22 bits per heavy atom. The van der Waals surface area contributed by atoms with Crippen molar-refractivity contribution in [2.24, 2.45) is 5.73 Å². The Bertz CT molecular complexity index is 1340. The largest absolute Gasteiger partial charge is 0.381 e. The van der Waals surface area contributed by atoms with E-state index in [4.69, 9.17) is 10.5 Å². The summed E-state index contributed by atoms with van der Waals surface area (Å²) >= 11 is 0. The summed E-state index contributed by atoms with van der Waals surface area (Å²) in [7, 11) is -1.72. The third kappa shape index (κ3) is 6.31. The minimum atomic E-state index is -3.38. The van der Waals surface area contributed by atoms with Crippen molar-refractivity contribution < 1.29 is 26.7 Å². The van der Waals surface area contributed by atoms with Gasteiger partial charge < -0.3 is 21.1 Å². The second-order valence-electron chi connectivity index (χ2n) is 11.5. The number of hydrogen-bond acceptors (Lipinski definition) is 7. The van der Waals surface area contributed by atoms with Crippen LogP contribution < -0.4 is 16.4 Å². The van der Waals surface area contributed by atoms with Gasteiger partial charge in [0, 0.05) is 43.3 Å². The van der Waals surface area contributed by atoms with Gasteiger partial charge in [-0.1, -0.05) is 12.1 Å². The van der Waals surface area contributed by atoms with Crippen LogP contribution in [0.4, 0.5) is 14.5 Å². The first-order chi connectivity index (χ1) is 19.6. The van der Waals surface area contributed by atoms with Crippen LogP contribution in [0.1, 0.15) is 56.1 Å². The van der Waals surface area contributed by atoms with Gasteiger partial charge in [0.05, 0.1) is 36.0 Å². The fraction of sp³-hybridized carbons (Fsp3) is 0.586. The number of piperazine rings is 1. The van der Waals surface area contributed by atoms with Crippen molar-refractivity contribution in [3.63, 3.8) is 0 Å². The third-order valence-corrected chi connectivity index (χ3v) is 11.2. The maximum atomic E-state index is 15.1. The van der Waals surface area contributed by atoms with Gasteiger partial charge in [-0.3, -0.25) is 9.78 Å². The van der Waals surface area contributed by atoms with E-state index in [-0.39, 0.29) is 47.4 Å². The number of anilines is 1. The minimum absolute atomic E-state index is 0.0513. The van der Waals surface area contributed by atoms with Crippen LogP contribution in [0.15, 0.2) is 36.7 Å². The molecule has 4 atom stereocenters. The van der Waals surface area contributed by atoms with E-state index < -0.39 is 33.2 Å². The Hall–Kier alpha value is -2.51. The van der Waals surface area contributed by atoms with Gasteiger partial charge in [0.15, 0.2) is 0 Å². The highest BCUT2D eigenvalue weighted by Crippen LogP contribution is 2.43. The molecule has 3 aliphatic rings. The Morgan fingerprint density at radius 2 is 1.95 bits per heavy atom. The lowest BCUT2D eigenvalue weighted by Crippen LogP contribution is -2.57. The van der Waals surface area contributed by atoms with Gasteiger partial charge in [-0.05, 0) is 69.1 Å². The van der Waals surface area contributed by atoms with Crippen molar-refractivity contribution in [1.29, 1.82) is 0 Å². The monoisotopic (exact) mass is 591 g/mol. The van der Waals surface area contributed by atoms with E-state index in [2.05, 4.69) is 15.6 Å². The zero-order valence-electron chi connectivity index (χ0n) is 23.3. The lowest BCUT2D eigenvalue weighted by molar-refractivity contribution is -0.119. The number of carbonyl (C=O) groups is 1. The third-order valence-electron chi connectivity index (χ3n) is 9.21. The van der Waals surface area contributed by atoms with Crippen molar-refractivity contribution in [2.45, 2.75) is 81.0 Å². The number of amides is 1. The van der Waals surface area contributed by atoms with Crippen LogP contribution in [0.3, 0.4) is 0 Å². The van der Waals surface area contributed by atoms with Crippen LogP contribution in [0.25, 0.3) is 0 Å². The first kappa shape index (κ1) is 30.0. The first-order valence-electron chi connectivity index (χ1n) is 14.3. The fourth-order valence-electron chi connectivity index (χ4n) is 6.74. The molecule has 1 aliphatic carbocycles. The summed E-state index contributed by atoms with van der Waals surface area (Å²) in [4.78, 5) is 17.6. The van der Waals surface area contributed by atoms with Gasteiger partial charge in [0.25, 0.3) is 0 Å². The molecule has 0 spiro atoms. The molecule has 12 heteroatoms. The number of ether oxygens (including phenoxy) is 1. The zero-order chi connectivity index (χ0) is 29.2. The highest BCUT2D eigenvalue weighted by molar-refractivity contribution is 7.89. The van der Waals surface area contributed by atoms with E-state index in [0.717, 1.165) is 18.2 Å². The molecule has 2 saturated heterocycles. The van der Waals surface area contributed by atoms with Gasteiger partial charge >= 0.3 is 0 Å². The molecular weight excluding hydrogens is 552 g/mol. The molecule has 2 aliphatic heterocycles. The van der Waals surface area contributed by atoms with Crippen LogP contribution in [0, 0.1) is 11.6 Å². The highest BCUT2D eigenvalue weighted by atomic mass is 32.2. The van der Waals surface area contributed by atoms with Crippen molar-refractivity contribution in [3.05, 3.63) is 59.4 Å². The molecular formula is C29H39F2N5O4S. The normalized spacial score (nSPS) is 30.2. The van der Waals surface area contributed by atoms with E-state index in [1.165, 1.54) is 18.3 Å². The number of aromatic nitrogens is 1. The molecule has 4 N–H and O–H groups in total. The SMILES string of the molecule is CO[C@H]1CC[C@](c2ccc(F)cc2)([C@H](N)C(=O)Nc2cncc(F)c2CC[C@H]2CN[C@@H]3CCCS(=O)(=O)N2C3)CC1. The summed E-state index contributed by atoms with van der Waals surface area (Å²) in [6, 6.07) is 4.89. The molecule has 1 saturated carbocycles. The number of rotatable bonds is 8. The molecule has 3 fully saturated rings. The number of nitrogens with one attached hydrogen (secondary N) is 2. The molecule has 1 aromatic carbocycles. The standard InChI is InChI=1S/C29H39F2N5O4S/c1-40-23-10-12-29(13-11-23,19-4-6-20(30)7-5-19)27(32)28(37)35-26-17-33-16-25(31)24(26)9-8-22-15-34-21-3-2-14-41(38,39)36(22)18-21/h4-7,16-17,21-23,27,34H,2-3,8-15,18,32H2,1H3,(H,35,37)/t21-,22+,23-,27-,29-/m1/s1. The quantitative estimate of drug-likeness (QED) is 0.431. The van der Waals surface area contributed by atoms with Crippen LogP contribution in [0.5, 0.6) is 0 Å². The maximum absolute atomic E-state index is 15.1. The highest BCUT2D eigenvalue weighted by Gasteiger charge is 2.45. The van der Waals surface area contributed by atoms with E-state index in [1.54, 1.807) is 23.5 Å². The number of carbonyl (C=O) groups excluding carboxylic acids is 1. The maximum Gasteiger partial charge on any atom is 0.242 e. The second-order valence-corrected chi connectivity index (χ2v) is 13.6. The van der Waals surface area contributed by atoms with E-state index in [0.29, 0.717) is 51.6 Å². The van der Waals surface area contributed by atoms with Crippen LogP contribution in [-0.4, -0.2) is 73.8 Å². The number of pyridine rings is 1. The van der Waals surface area contributed by atoms with Gasteiger partial charge in [0.1, 0.15) is 11.6 Å². The predicted molar refractivity (Wildman–Crippen MR) is 152 cm³/mol. The van der Waals surface area contributed by atoms with Gasteiger partial charge in [0.2, 0.25) is 15.9 Å². The summed E-state index contributed by atoms with van der Waals surface area (Å²) in [6.07, 6.45) is 7.08. The molecule has 2 aromatic rings.